The first kappa shape index (κ1) is 25.1. The molecular weight excluding hydrogens is 434 g/mol. The van der Waals surface area contributed by atoms with Gasteiger partial charge in [-0.25, -0.2) is 4.79 Å². The topological polar surface area (TPSA) is 61.9 Å². The SMILES string of the molecule is Cc1ccc(OCC2c3ccsc3CCN2C(=O)CN(CCC(C)C)C(=O)NC(C)C)cc1. The molecule has 1 aromatic carbocycles. The molecule has 2 aromatic rings. The first-order valence-electron chi connectivity index (χ1n) is 11.8. The second kappa shape index (κ2) is 11.5. The summed E-state index contributed by atoms with van der Waals surface area (Å²) in [5.74, 6) is 1.21. The van der Waals surface area contributed by atoms with Crippen molar-refractivity contribution in [1.29, 1.82) is 0 Å². The number of amides is 3. The van der Waals surface area contributed by atoms with Crippen LogP contribution < -0.4 is 10.1 Å². The van der Waals surface area contributed by atoms with Gasteiger partial charge in [-0.1, -0.05) is 31.5 Å². The first-order chi connectivity index (χ1) is 15.7. The van der Waals surface area contributed by atoms with Crippen LogP contribution in [-0.4, -0.2) is 54.0 Å². The lowest BCUT2D eigenvalue weighted by molar-refractivity contribution is -0.135. The highest BCUT2D eigenvalue weighted by atomic mass is 32.1. The van der Waals surface area contributed by atoms with E-state index in [0.29, 0.717) is 25.6 Å². The highest BCUT2D eigenvalue weighted by molar-refractivity contribution is 7.10. The zero-order valence-electron chi connectivity index (χ0n) is 20.5. The van der Waals surface area contributed by atoms with Crippen LogP contribution in [0.15, 0.2) is 35.7 Å². The van der Waals surface area contributed by atoms with Gasteiger partial charge in [0.2, 0.25) is 5.91 Å². The second-order valence-electron chi connectivity index (χ2n) is 9.48. The van der Waals surface area contributed by atoms with Crippen LogP contribution in [-0.2, 0) is 11.2 Å². The highest BCUT2D eigenvalue weighted by Gasteiger charge is 2.33. The number of aryl methyl sites for hydroxylation is 1. The molecule has 6 nitrogen and oxygen atoms in total. The number of urea groups is 1. The molecule has 33 heavy (non-hydrogen) atoms. The fraction of sp³-hybridized carbons (Fsp3) is 0.538. The van der Waals surface area contributed by atoms with E-state index in [1.165, 1.54) is 10.4 Å². The number of rotatable bonds is 9. The quantitative estimate of drug-likeness (QED) is 0.558. The van der Waals surface area contributed by atoms with E-state index in [4.69, 9.17) is 4.74 Å². The number of ether oxygens (including phenoxy) is 1. The van der Waals surface area contributed by atoms with Crippen LogP contribution in [0.3, 0.4) is 0 Å². The smallest absolute Gasteiger partial charge is 0.318 e. The first-order valence-corrected chi connectivity index (χ1v) is 12.7. The van der Waals surface area contributed by atoms with Crippen molar-refractivity contribution in [3.05, 3.63) is 51.7 Å². The molecule has 2 heterocycles. The monoisotopic (exact) mass is 471 g/mol. The van der Waals surface area contributed by atoms with E-state index < -0.39 is 0 Å². The summed E-state index contributed by atoms with van der Waals surface area (Å²) >= 11 is 1.74. The minimum Gasteiger partial charge on any atom is -0.491 e. The van der Waals surface area contributed by atoms with E-state index in [9.17, 15) is 9.59 Å². The summed E-state index contributed by atoms with van der Waals surface area (Å²) in [5.41, 5.74) is 2.34. The molecule has 1 aliphatic heterocycles. The molecule has 0 spiro atoms. The number of thiophene rings is 1. The van der Waals surface area contributed by atoms with Crippen molar-refractivity contribution in [2.75, 3.05) is 26.2 Å². The molecule has 0 aliphatic carbocycles. The van der Waals surface area contributed by atoms with Gasteiger partial charge in [0.25, 0.3) is 0 Å². The molecule has 0 radical (unpaired) electrons. The Bertz CT molecular complexity index is 923. The third-order valence-electron chi connectivity index (χ3n) is 5.85. The van der Waals surface area contributed by atoms with Crippen molar-refractivity contribution < 1.29 is 14.3 Å². The van der Waals surface area contributed by atoms with Gasteiger partial charge < -0.3 is 19.9 Å². The Balaban J connectivity index is 1.74. The van der Waals surface area contributed by atoms with Gasteiger partial charge in [-0.05, 0) is 68.7 Å². The molecule has 180 valence electrons. The molecule has 0 saturated carbocycles. The van der Waals surface area contributed by atoms with Gasteiger partial charge in [-0.2, -0.15) is 0 Å². The van der Waals surface area contributed by atoms with Crippen molar-refractivity contribution >= 4 is 23.3 Å². The van der Waals surface area contributed by atoms with E-state index in [-0.39, 0.29) is 30.6 Å². The number of fused-ring (bicyclic) bond motifs is 1. The van der Waals surface area contributed by atoms with Crippen molar-refractivity contribution in [3.8, 4) is 5.75 Å². The standard InChI is InChI=1S/C26H37N3O3S/c1-18(2)10-13-28(26(31)27-19(3)4)16-25(30)29-14-11-24-22(12-15-33-24)23(29)17-32-21-8-6-20(5)7-9-21/h6-9,12,15,18-19,23H,10-11,13-14,16-17H2,1-5H3,(H,27,31). The van der Waals surface area contributed by atoms with Gasteiger partial charge in [0.05, 0.1) is 6.04 Å². The van der Waals surface area contributed by atoms with Gasteiger partial charge in [0, 0.05) is 24.0 Å². The molecule has 1 aliphatic rings. The number of benzene rings is 1. The Labute approximate surface area is 201 Å². The maximum Gasteiger partial charge on any atom is 0.318 e. The summed E-state index contributed by atoms with van der Waals surface area (Å²) in [6, 6.07) is 9.75. The fourth-order valence-electron chi connectivity index (χ4n) is 3.94. The molecule has 7 heteroatoms. The maximum absolute atomic E-state index is 13.5. The number of hydrogen-bond acceptors (Lipinski definition) is 4. The molecule has 3 amide bonds. The van der Waals surface area contributed by atoms with Gasteiger partial charge in [-0.3, -0.25) is 4.79 Å². The summed E-state index contributed by atoms with van der Waals surface area (Å²) in [7, 11) is 0. The van der Waals surface area contributed by atoms with Gasteiger partial charge in [0.1, 0.15) is 18.9 Å². The lowest BCUT2D eigenvalue weighted by Gasteiger charge is -2.37. The zero-order valence-corrected chi connectivity index (χ0v) is 21.3. The van der Waals surface area contributed by atoms with E-state index in [0.717, 1.165) is 24.2 Å². The molecule has 0 saturated heterocycles. The van der Waals surface area contributed by atoms with Crippen LogP contribution >= 0.6 is 11.3 Å². The highest BCUT2D eigenvalue weighted by Crippen LogP contribution is 2.34. The van der Waals surface area contributed by atoms with Crippen molar-refractivity contribution in [2.45, 2.75) is 59.5 Å². The van der Waals surface area contributed by atoms with Crippen LogP contribution in [0.2, 0.25) is 0 Å². The van der Waals surface area contributed by atoms with Crippen LogP contribution in [0.5, 0.6) is 5.75 Å². The number of carbonyl (C=O) groups is 2. The van der Waals surface area contributed by atoms with E-state index in [1.54, 1.807) is 16.2 Å². The second-order valence-corrected chi connectivity index (χ2v) is 10.5. The Morgan fingerprint density at radius 2 is 1.91 bits per heavy atom. The maximum atomic E-state index is 13.5. The fourth-order valence-corrected chi connectivity index (χ4v) is 4.87. The van der Waals surface area contributed by atoms with Gasteiger partial charge in [0.15, 0.2) is 0 Å². The Hall–Kier alpha value is -2.54. The Kier molecular flexibility index (Phi) is 8.78. The molecule has 1 aromatic heterocycles. The molecule has 1 unspecified atom stereocenters. The average Bonchev–Trinajstić information content (AvgIpc) is 3.24. The molecular formula is C26H37N3O3S. The molecule has 3 rings (SSSR count). The Morgan fingerprint density at radius 3 is 2.58 bits per heavy atom. The van der Waals surface area contributed by atoms with Gasteiger partial charge in [-0.15, -0.1) is 11.3 Å². The summed E-state index contributed by atoms with van der Waals surface area (Å²) < 4.78 is 6.11. The summed E-state index contributed by atoms with van der Waals surface area (Å²) in [6.45, 7) is 11.8. The van der Waals surface area contributed by atoms with Crippen LogP contribution in [0.1, 0.15) is 56.2 Å². The van der Waals surface area contributed by atoms with Crippen molar-refractivity contribution in [2.24, 2.45) is 5.92 Å². The predicted octanol–water partition coefficient (Wildman–Crippen LogP) is 5.03. The van der Waals surface area contributed by atoms with Gasteiger partial charge >= 0.3 is 6.03 Å². The lowest BCUT2D eigenvalue weighted by Crippen LogP contribution is -2.51. The lowest BCUT2D eigenvalue weighted by atomic mass is 10.0. The van der Waals surface area contributed by atoms with E-state index in [2.05, 4.69) is 30.6 Å². The van der Waals surface area contributed by atoms with Crippen LogP contribution in [0.25, 0.3) is 0 Å². The third-order valence-corrected chi connectivity index (χ3v) is 6.84. The minimum absolute atomic E-state index is 0.0214. The molecule has 0 fully saturated rings. The van der Waals surface area contributed by atoms with Crippen molar-refractivity contribution in [3.63, 3.8) is 0 Å². The summed E-state index contributed by atoms with van der Waals surface area (Å²) in [4.78, 5) is 31.1. The molecule has 1 N–H and O–H groups in total. The number of nitrogens with one attached hydrogen (secondary N) is 1. The number of carbonyl (C=O) groups excluding carboxylic acids is 2. The van der Waals surface area contributed by atoms with E-state index in [1.807, 2.05) is 49.9 Å². The normalized spacial score (nSPS) is 15.5. The van der Waals surface area contributed by atoms with Crippen LogP contribution in [0.4, 0.5) is 4.79 Å². The number of nitrogens with zero attached hydrogens (tertiary/aromatic N) is 2. The minimum atomic E-state index is -0.181. The van der Waals surface area contributed by atoms with E-state index >= 15 is 0 Å². The zero-order chi connectivity index (χ0) is 24.0. The average molecular weight is 472 g/mol. The Morgan fingerprint density at radius 1 is 1.18 bits per heavy atom. The summed E-state index contributed by atoms with van der Waals surface area (Å²) in [6.07, 6.45) is 1.69. The molecule has 0 bridgehead atoms. The van der Waals surface area contributed by atoms with Crippen molar-refractivity contribution in [1.82, 2.24) is 15.1 Å². The predicted molar refractivity (Wildman–Crippen MR) is 134 cm³/mol. The van der Waals surface area contributed by atoms with Crippen LogP contribution in [0, 0.1) is 12.8 Å². The summed E-state index contributed by atoms with van der Waals surface area (Å²) in [5, 5.41) is 5.03. The number of hydrogen-bond donors (Lipinski definition) is 1. The third kappa shape index (κ3) is 6.97. The largest absolute Gasteiger partial charge is 0.491 e. The molecule has 1 atom stereocenters.